The summed E-state index contributed by atoms with van der Waals surface area (Å²) in [6.45, 7) is 19.0. The molecule has 6 amide bonds. The number of aliphatic carboxylic acids is 1. The second-order valence-corrected chi connectivity index (χ2v) is 19.5. The standard InChI is InChI=1S/C39H71N7O8S2/c1-21(2)11-27(43-33(47)13-25(9)41-36(50)17-30(40)23(5)6)15-35(49)45-32-20-56-55-19-29(32)39(54)46-31(24(7)8)18-37(51)42-26(10)14-34(48)44-28(12-22(3)4)16-38(52)53/h21-32H,11-20,40H2,1-10H3,(H,41,50)(H,42,51)(H,43,47)(H,44,48)(H,45,49)(H,46,54)(H,52,53)/t25-,26-,27-,28-,29-,30+,31+,32-/m0/s1. The van der Waals surface area contributed by atoms with Crippen molar-refractivity contribution in [1.82, 2.24) is 31.9 Å². The third-order valence-corrected chi connectivity index (χ3v) is 11.9. The number of rotatable bonds is 25. The number of carbonyl (C=O) groups excluding carboxylic acids is 6. The Balaban J connectivity index is 2.79. The van der Waals surface area contributed by atoms with Crippen LogP contribution in [0.25, 0.3) is 0 Å². The first-order valence-corrected chi connectivity index (χ1v) is 22.5. The lowest BCUT2D eigenvalue weighted by atomic mass is 9.96. The monoisotopic (exact) mass is 829 g/mol. The Kier molecular flexibility index (Phi) is 23.7. The minimum absolute atomic E-state index is 0.0135. The molecule has 1 fully saturated rings. The normalized spacial score (nSPS) is 19.0. The molecule has 0 bridgehead atoms. The second-order valence-electron chi connectivity index (χ2n) is 17.0. The van der Waals surface area contributed by atoms with Gasteiger partial charge in [0.15, 0.2) is 0 Å². The molecular weight excluding hydrogens is 759 g/mol. The zero-order chi connectivity index (χ0) is 42.7. The highest BCUT2D eigenvalue weighted by Crippen LogP contribution is 2.33. The van der Waals surface area contributed by atoms with E-state index >= 15 is 0 Å². The van der Waals surface area contributed by atoms with Crippen molar-refractivity contribution in [1.29, 1.82) is 0 Å². The van der Waals surface area contributed by atoms with Gasteiger partial charge in [0.2, 0.25) is 35.4 Å². The summed E-state index contributed by atoms with van der Waals surface area (Å²) in [6, 6.07) is -3.12. The van der Waals surface area contributed by atoms with E-state index in [4.69, 9.17) is 5.73 Å². The fourth-order valence-corrected chi connectivity index (χ4v) is 9.03. The summed E-state index contributed by atoms with van der Waals surface area (Å²) >= 11 is 0. The van der Waals surface area contributed by atoms with Crippen LogP contribution in [0.1, 0.15) is 121 Å². The molecule has 1 aliphatic heterocycles. The van der Waals surface area contributed by atoms with Crippen molar-refractivity contribution in [2.24, 2.45) is 35.3 Å². The molecule has 8 atom stereocenters. The van der Waals surface area contributed by atoms with E-state index in [2.05, 4.69) is 31.9 Å². The molecule has 1 aliphatic rings. The van der Waals surface area contributed by atoms with Crippen molar-refractivity contribution in [3.05, 3.63) is 0 Å². The molecular formula is C39H71N7O8S2. The van der Waals surface area contributed by atoms with Crippen LogP contribution < -0.4 is 37.6 Å². The molecule has 0 unspecified atom stereocenters. The van der Waals surface area contributed by atoms with Crippen LogP contribution in [0.3, 0.4) is 0 Å². The van der Waals surface area contributed by atoms with Crippen LogP contribution >= 0.6 is 21.6 Å². The second kappa shape index (κ2) is 26.1. The molecule has 1 rings (SSSR count). The molecule has 9 N–H and O–H groups in total. The first kappa shape index (κ1) is 51.0. The molecule has 0 saturated carbocycles. The Morgan fingerprint density at radius 1 is 0.571 bits per heavy atom. The average Bonchev–Trinajstić information content (AvgIpc) is 3.02. The predicted molar refractivity (Wildman–Crippen MR) is 223 cm³/mol. The fraction of sp³-hybridized carbons (Fsp3) is 0.821. The van der Waals surface area contributed by atoms with Gasteiger partial charge < -0.3 is 42.7 Å². The molecule has 56 heavy (non-hydrogen) atoms. The first-order valence-electron chi connectivity index (χ1n) is 20.0. The van der Waals surface area contributed by atoms with Gasteiger partial charge in [0, 0.05) is 79.9 Å². The maximum Gasteiger partial charge on any atom is 0.305 e. The molecule has 1 heterocycles. The Morgan fingerprint density at radius 3 is 1.50 bits per heavy atom. The zero-order valence-corrected chi connectivity index (χ0v) is 36.8. The van der Waals surface area contributed by atoms with Crippen LogP contribution in [0.5, 0.6) is 0 Å². The molecule has 0 spiro atoms. The van der Waals surface area contributed by atoms with Gasteiger partial charge in [0.05, 0.1) is 18.4 Å². The maximum atomic E-state index is 13.7. The minimum Gasteiger partial charge on any atom is -0.481 e. The molecule has 0 aliphatic carbocycles. The van der Waals surface area contributed by atoms with Gasteiger partial charge in [-0.2, -0.15) is 0 Å². The van der Waals surface area contributed by atoms with Crippen molar-refractivity contribution in [3.63, 3.8) is 0 Å². The zero-order valence-electron chi connectivity index (χ0n) is 35.2. The van der Waals surface area contributed by atoms with E-state index in [-0.39, 0.29) is 104 Å². The third kappa shape index (κ3) is 22.0. The van der Waals surface area contributed by atoms with Crippen LogP contribution in [-0.4, -0.2) is 100 Å². The summed E-state index contributed by atoms with van der Waals surface area (Å²) < 4.78 is 0. The maximum absolute atomic E-state index is 13.7. The van der Waals surface area contributed by atoms with Gasteiger partial charge in [0.25, 0.3) is 0 Å². The molecule has 322 valence electrons. The average molecular weight is 830 g/mol. The molecule has 1 saturated heterocycles. The summed E-state index contributed by atoms with van der Waals surface area (Å²) in [4.78, 5) is 89.4. The lowest BCUT2D eigenvalue weighted by Crippen LogP contribution is -2.54. The third-order valence-electron chi connectivity index (χ3n) is 9.46. The van der Waals surface area contributed by atoms with Crippen molar-refractivity contribution in [2.75, 3.05) is 11.5 Å². The summed E-state index contributed by atoms with van der Waals surface area (Å²) in [5.41, 5.74) is 6.01. The van der Waals surface area contributed by atoms with Crippen molar-refractivity contribution < 1.29 is 38.7 Å². The van der Waals surface area contributed by atoms with Crippen molar-refractivity contribution in [2.45, 2.75) is 163 Å². The number of carbonyl (C=O) groups is 7. The molecule has 17 heteroatoms. The van der Waals surface area contributed by atoms with Crippen LogP contribution in [-0.2, 0) is 33.6 Å². The highest BCUT2D eigenvalue weighted by Gasteiger charge is 2.35. The quantitative estimate of drug-likeness (QED) is 0.0623. The molecule has 0 radical (unpaired) electrons. The van der Waals surface area contributed by atoms with Crippen LogP contribution in [0, 0.1) is 29.6 Å². The Bertz CT molecular complexity index is 1300. The van der Waals surface area contributed by atoms with Gasteiger partial charge in [-0.1, -0.05) is 77.0 Å². The number of nitrogens with one attached hydrogen (secondary N) is 6. The van der Waals surface area contributed by atoms with Crippen molar-refractivity contribution in [3.8, 4) is 0 Å². The van der Waals surface area contributed by atoms with E-state index in [1.54, 1.807) is 35.4 Å². The Morgan fingerprint density at radius 2 is 1.04 bits per heavy atom. The highest BCUT2D eigenvalue weighted by atomic mass is 33.1. The van der Waals surface area contributed by atoms with Gasteiger partial charge in [-0.25, -0.2) is 0 Å². The van der Waals surface area contributed by atoms with E-state index in [0.29, 0.717) is 24.3 Å². The Hall–Kier alpha value is -3.05. The van der Waals surface area contributed by atoms with Gasteiger partial charge in [-0.3, -0.25) is 33.6 Å². The predicted octanol–water partition coefficient (Wildman–Crippen LogP) is 3.10. The van der Waals surface area contributed by atoms with Crippen LogP contribution in [0.2, 0.25) is 0 Å². The lowest BCUT2D eigenvalue weighted by molar-refractivity contribution is -0.138. The van der Waals surface area contributed by atoms with Gasteiger partial charge in [-0.15, -0.1) is 0 Å². The number of amides is 6. The van der Waals surface area contributed by atoms with Crippen LogP contribution in [0.15, 0.2) is 0 Å². The van der Waals surface area contributed by atoms with E-state index in [1.165, 1.54) is 0 Å². The van der Waals surface area contributed by atoms with Crippen LogP contribution in [0.4, 0.5) is 0 Å². The first-order chi connectivity index (χ1) is 26.1. The number of nitrogens with two attached hydrogens (primary N) is 1. The highest BCUT2D eigenvalue weighted by molar-refractivity contribution is 8.76. The van der Waals surface area contributed by atoms with E-state index in [9.17, 15) is 38.7 Å². The summed E-state index contributed by atoms with van der Waals surface area (Å²) in [7, 11) is 3.10. The van der Waals surface area contributed by atoms with Gasteiger partial charge >= 0.3 is 5.97 Å². The molecule has 15 nitrogen and oxygen atoms in total. The van der Waals surface area contributed by atoms with E-state index < -0.39 is 48.1 Å². The topological polar surface area (TPSA) is 238 Å². The fourth-order valence-electron chi connectivity index (χ4n) is 6.39. The summed E-state index contributed by atoms with van der Waals surface area (Å²) in [6.07, 6.45) is 1.11. The number of hydrogen-bond acceptors (Lipinski definition) is 10. The Labute approximate surface area is 342 Å². The smallest absolute Gasteiger partial charge is 0.305 e. The van der Waals surface area contributed by atoms with E-state index in [0.717, 1.165) is 0 Å². The summed E-state index contributed by atoms with van der Waals surface area (Å²) in [5, 5.41) is 26.7. The minimum atomic E-state index is -0.996. The van der Waals surface area contributed by atoms with Gasteiger partial charge in [0.1, 0.15) is 0 Å². The van der Waals surface area contributed by atoms with Gasteiger partial charge in [-0.05, 0) is 50.4 Å². The lowest BCUT2D eigenvalue weighted by Gasteiger charge is -2.33. The largest absolute Gasteiger partial charge is 0.481 e. The number of hydrogen-bond donors (Lipinski definition) is 8. The molecule has 0 aromatic heterocycles. The SMILES string of the molecule is CC(C)C[C@@H](CC(=O)O)NC(=O)C[C@H](C)NC(=O)C[C@@H](NC(=O)[C@H]1CSSC[C@@H]1NC(=O)C[C@H](CC(C)C)NC(=O)C[C@H](C)NC(=O)C[C@@H](N)C(C)C)C(C)C. The number of carboxylic acids is 1. The molecule has 0 aromatic rings. The summed E-state index contributed by atoms with van der Waals surface area (Å²) in [5.74, 6) is -1.87. The van der Waals surface area contributed by atoms with E-state index in [1.807, 2.05) is 55.4 Å². The molecule has 0 aromatic carbocycles. The van der Waals surface area contributed by atoms with Crippen molar-refractivity contribution >= 4 is 63.0 Å². The number of carboxylic acid groups (broad SMARTS) is 1.